The normalized spacial score (nSPS) is 11.0. The Balaban J connectivity index is 1.48. The van der Waals surface area contributed by atoms with Crippen LogP contribution in [0.1, 0.15) is 32.0 Å². The molecule has 0 amide bonds. The molecule has 0 spiro atoms. The lowest BCUT2D eigenvalue weighted by atomic mass is 9.93. The van der Waals surface area contributed by atoms with Gasteiger partial charge >= 0.3 is 11.9 Å². The number of carbonyl (C=O) groups is 2. The topological polar surface area (TPSA) is 78.9 Å². The summed E-state index contributed by atoms with van der Waals surface area (Å²) in [7, 11) is 0. The zero-order valence-electron chi connectivity index (χ0n) is 19.5. The van der Waals surface area contributed by atoms with Crippen LogP contribution in [-0.4, -0.2) is 11.9 Å². The molecule has 180 valence electrons. The highest BCUT2D eigenvalue weighted by atomic mass is 16.5. The minimum absolute atomic E-state index is 0.110. The molecule has 4 aromatic carbocycles. The Hall–Kier alpha value is -5.10. The largest absolute Gasteiger partial charge is 0.472 e. The van der Waals surface area contributed by atoms with Crippen molar-refractivity contribution >= 4 is 33.5 Å². The smallest absolute Gasteiger partial charge is 0.379 e. The van der Waals surface area contributed by atoms with Gasteiger partial charge in [-0.25, -0.2) is 9.59 Å². The van der Waals surface area contributed by atoms with Crippen LogP contribution in [0.15, 0.2) is 119 Å². The van der Waals surface area contributed by atoms with E-state index in [0.717, 1.165) is 32.7 Å². The summed E-state index contributed by atoms with van der Waals surface area (Å²) in [6.07, 6.45) is 4.54. The first-order valence-corrected chi connectivity index (χ1v) is 11.7. The predicted molar refractivity (Wildman–Crippen MR) is 138 cm³/mol. The summed E-state index contributed by atoms with van der Waals surface area (Å²) < 4.78 is 21.9. The molecule has 2 aromatic heterocycles. The molecule has 0 bridgehead atoms. The monoisotopic (exact) mass is 488 g/mol. The molecule has 6 aromatic rings. The molecular weight excluding hydrogens is 468 g/mol. The van der Waals surface area contributed by atoms with Crippen molar-refractivity contribution in [2.24, 2.45) is 0 Å². The molecule has 0 aliphatic heterocycles. The van der Waals surface area contributed by atoms with Crippen molar-refractivity contribution in [1.82, 2.24) is 0 Å². The van der Waals surface area contributed by atoms with E-state index in [1.807, 2.05) is 60.7 Å². The lowest BCUT2D eigenvalue weighted by Crippen LogP contribution is -2.11. The Morgan fingerprint density at radius 1 is 0.622 bits per heavy atom. The Labute approximate surface area is 211 Å². The van der Waals surface area contributed by atoms with Gasteiger partial charge in [0.25, 0.3) is 0 Å². The van der Waals surface area contributed by atoms with E-state index >= 15 is 0 Å². The van der Waals surface area contributed by atoms with E-state index in [4.69, 9.17) is 18.3 Å². The quantitative estimate of drug-likeness (QED) is 0.182. The average Bonchev–Trinajstić information content (AvgIpc) is 3.66. The lowest BCUT2D eigenvalue weighted by molar-refractivity contribution is 0.0698. The van der Waals surface area contributed by atoms with Crippen LogP contribution >= 0.6 is 0 Å². The molecule has 0 aliphatic rings. The summed E-state index contributed by atoms with van der Waals surface area (Å²) in [5, 5.41) is 3.84. The van der Waals surface area contributed by atoms with Crippen LogP contribution in [0.25, 0.3) is 21.5 Å². The van der Waals surface area contributed by atoms with Gasteiger partial charge in [0.05, 0.1) is 18.1 Å². The van der Waals surface area contributed by atoms with E-state index in [-0.39, 0.29) is 5.76 Å². The predicted octanol–water partition coefficient (Wildman–Crippen LogP) is 7.21. The van der Waals surface area contributed by atoms with E-state index in [2.05, 4.69) is 0 Å². The summed E-state index contributed by atoms with van der Waals surface area (Å²) in [4.78, 5) is 25.6. The van der Waals surface area contributed by atoms with Gasteiger partial charge in [-0.2, -0.15) is 0 Å². The zero-order valence-corrected chi connectivity index (χ0v) is 19.5. The Bertz CT molecular complexity index is 1600. The van der Waals surface area contributed by atoms with Crippen LogP contribution in [0.5, 0.6) is 11.5 Å². The van der Waals surface area contributed by atoms with Gasteiger partial charge in [0.1, 0.15) is 17.8 Å². The van der Waals surface area contributed by atoms with Crippen molar-refractivity contribution in [1.29, 1.82) is 0 Å². The van der Waals surface area contributed by atoms with Gasteiger partial charge in [0, 0.05) is 17.5 Å². The fraction of sp³-hybridized carbons (Fsp3) is 0.0323. The van der Waals surface area contributed by atoms with E-state index in [1.165, 1.54) is 18.8 Å². The highest BCUT2D eigenvalue weighted by molar-refractivity contribution is 5.95. The molecule has 0 unspecified atom stereocenters. The molecule has 6 rings (SSSR count). The van der Waals surface area contributed by atoms with Gasteiger partial charge in [0.15, 0.2) is 0 Å². The molecule has 0 fully saturated rings. The van der Waals surface area contributed by atoms with E-state index in [0.29, 0.717) is 23.5 Å². The maximum absolute atomic E-state index is 12.8. The number of hydrogen-bond acceptors (Lipinski definition) is 6. The van der Waals surface area contributed by atoms with Gasteiger partial charge in [0.2, 0.25) is 5.76 Å². The van der Waals surface area contributed by atoms with Crippen LogP contribution in [0.2, 0.25) is 0 Å². The van der Waals surface area contributed by atoms with Crippen molar-refractivity contribution in [2.75, 3.05) is 0 Å². The maximum atomic E-state index is 12.8. The molecule has 0 radical (unpaired) electrons. The fourth-order valence-electron chi connectivity index (χ4n) is 4.45. The molecular formula is C31H20O6. The number of furan rings is 2. The summed E-state index contributed by atoms with van der Waals surface area (Å²) in [6, 6.07) is 27.9. The van der Waals surface area contributed by atoms with Crippen LogP contribution in [-0.2, 0) is 6.42 Å². The standard InChI is InChI=1S/C31H20O6/c32-30(22-15-17-34-19-22)36-27-13-11-20-6-1-3-8-23(20)25(27)18-26-24-9-4-2-7-21(24)12-14-28(26)37-31(33)29-10-5-16-35-29/h1-17,19H,18H2. The fourth-order valence-corrected chi connectivity index (χ4v) is 4.45. The Morgan fingerprint density at radius 2 is 1.24 bits per heavy atom. The third-order valence-electron chi connectivity index (χ3n) is 6.23. The number of rotatable bonds is 6. The first-order valence-electron chi connectivity index (χ1n) is 11.7. The highest BCUT2D eigenvalue weighted by Gasteiger charge is 2.20. The second-order valence-electron chi connectivity index (χ2n) is 8.47. The minimum atomic E-state index is -0.592. The van der Waals surface area contributed by atoms with Gasteiger partial charge in [-0.1, -0.05) is 60.7 Å². The molecule has 2 heterocycles. The van der Waals surface area contributed by atoms with E-state index < -0.39 is 11.9 Å². The Kier molecular flexibility index (Phi) is 5.75. The third kappa shape index (κ3) is 4.36. The van der Waals surface area contributed by atoms with Crippen molar-refractivity contribution in [3.05, 3.63) is 132 Å². The molecule has 0 aliphatic carbocycles. The number of hydrogen-bond donors (Lipinski definition) is 0. The molecule has 0 N–H and O–H groups in total. The average molecular weight is 488 g/mol. The number of benzene rings is 4. The highest BCUT2D eigenvalue weighted by Crippen LogP contribution is 2.36. The number of fused-ring (bicyclic) bond motifs is 2. The second kappa shape index (κ2) is 9.51. The SMILES string of the molecule is O=C(Oc1ccc2ccccc2c1Cc1c(OC(=O)c2ccco2)ccc2ccccc12)c1ccoc1. The van der Waals surface area contributed by atoms with E-state index in [1.54, 1.807) is 30.3 Å². The van der Waals surface area contributed by atoms with Gasteiger partial charge in [-0.3, -0.25) is 0 Å². The molecule has 6 heteroatoms. The van der Waals surface area contributed by atoms with Crippen molar-refractivity contribution < 1.29 is 27.9 Å². The molecule has 0 saturated heterocycles. The van der Waals surface area contributed by atoms with Crippen LogP contribution in [0.3, 0.4) is 0 Å². The molecule has 6 nitrogen and oxygen atoms in total. The summed E-state index contributed by atoms with van der Waals surface area (Å²) in [5.41, 5.74) is 1.90. The first kappa shape index (κ1) is 22.4. The summed E-state index contributed by atoms with van der Waals surface area (Å²) in [5.74, 6) is -0.181. The van der Waals surface area contributed by atoms with Crippen molar-refractivity contribution in [2.45, 2.75) is 6.42 Å². The molecule has 37 heavy (non-hydrogen) atoms. The molecule has 0 saturated carbocycles. The van der Waals surface area contributed by atoms with Gasteiger partial charge in [-0.05, 0) is 51.9 Å². The van der Waals surface area contributed by atoms with E-state index in [9.17, 15) is 9.59 Å². The zero-order chi connectivity index (χ0) is 25.2. The van der Waals surface area contributed by atoms with Crippen LogP contribution in [0.4, 0.5) is 0 Å². The number of esters is 2. The third-order valence-corrected chi connectivity index (χ3v) is 6.23. The van der Waals surface area contributed by atoms with Gasteiger partial charge in [-0.15, -0.1) is 0 Å². The Morgan fingerprint density at radius 3 is 1.81 bits per heavy atom. The summed E-state index contributed by atoms with van der Waals surface area (Å²) in [6.45, 7) is 0. The summed E-state index contributed by atoms with van der Waals surface area (Å²) >= 11 is 0. The number of ether oxygens (including phenoxy) is 2. The van der Waals surface area contributed by atoms with Crippen molar-refractivity contribution in [3.8, 4) is 11.5 Å². The first-order chi connectivity index (χ1) is 18.2. The minimum Gasteiger partial charge on any atom is -0.472 e. The second-order valence-corrected chi connectivity index (χ2v) is 8.47. The molecule has 0 atom stereocenters. The maximum Gasteiger partial charge on any atom is 0.379 e. The number of carbonyl (C=O) groups excluding carboxylic acids is 2. The van der Waals surface area contributed by atoms with Crippen molar-refractivity contribution in [3.63, 3.8) is 0 Å². The van der Waals surface area contributed by atoms with Gasteiger partial charge < -0.3 is 18.3 Å². The lowest BCUT2D eigenvalue weighted by Gasteiger charge is -2.17. The van der Waals surface area contributed by atoms with Crippen LogP contribution < -0.4 is 9.47 Å². The van der Waals surface area contributed by atoms with Crippen LogP contribution in [0, 0.1) is 0 Å².